The zero-order valence-electron chi connectivity index (χ0n) is 12.6. The zero-order valence-corrected chi connectivity index (χ0v) is 14.1. The molecule has 3 nitrogen and oxygen atoms in total. The van der Waals surface area contributed by atoms with Crippen LogP contribution < -0.4 is 10.2 Å². The first-order valence-corrected chi connectivity index (χ1v) is 8.31. The number of fused-ring (bicyclic) bond motifs is 1. The number of hydrogen-bond acceptors (Lipinski definition) is 2. The Bertz CT molecular complexity index is 686. The van der Waals surface area contributed by atoms with Gasteiger partial charge in [0.1, 0.15) is 0 Å². The van der Waals surface area contributed by atoms with Crippen LogP contribution in [-0.2, 0) is 11.2 Å². The van der Waals surface area contributed by atoms with E-state index in [1.165, 1.54) is 11.3 Å². The van der Waals surface area contributed by atoms with Crippen molar-refractivity contribution in [3.63, 3.8) is 0 Å². The van der Waals surface area contributed by atoms with Crippen LogP contribution in [0.5, 0.6) is 0 Å². The molecule has 1 aliphatic rings. The summed E-state index contributed by atoms with van der Waals surface area (Å²) in [6.45, 7) is 3.33. The number of carbonyl (C=O) groups is 1. The average Bonchev–Trinajstić information content (AvgIpc) is 2.91. The Hall–Kier alpha value is -1.81. The summed E-state index contributed by atoms with van der Waals surface area (Å²) in [6.07, 6.45) is 1.02. The van der Waals surface area contributed by atoms with Crippen molar-refractivity contribution in [2.24, 2.45) is 0 Å². The highest BCUT2D eigenvalue weighted by Gasteiger charge is 2.21. The van der Waals surface area contributed by atoms with Crippen molar-refractivity contribution < 1.29 is 4.79 Å². The Morgan fingerprint density at radius 3 is 2.77 bits per heavy atom. The minimum Gasteiger partial charge on any atom is -0.362 e. The molecule has 3 rings (SSSR count). The fraction of sp³-hybridized carbons (Fsp3) is 0.278. The molecule has 0 radical (unpaired) electrons. The first-order chi connectivity index (χ1) is 10.6. The van der Waals surface area contributed by atoms with E-state index in [-0.39, 0.29) is 11.9 Å². The van der Waals surface area contributed by atoms with Crippen LogP contribution in [-0.4, -0.2) is 19.0 Å². The van der Waals surface area contributed by atoms with E-state index >= 15 is 0 Å². The highest BCUT2D eigenvalue weighted by atomic mass is 79.9. The number of rotatable bonds is 4. The molecule has 0 aliphatic carbocycles. The molecule has 1 aliphatic heterocycles. The van der Waals surface area contributed by atoms with Gasteiger partial charge >= 0.3 is 0 Å². The summed E-state index contributed by atoms with van der Waals surface area (Å²) >= 11 is 3.53. The second kappa shape index (κ2) is 6.53. The van der Waals surface area contributed by atoms with Gasteiger partial charge in [0.2, 0.25) is 5.91 Å². The third-order valence-electron chi connectivity index (χ3n) is 4.07. The summed E-state index contributed by atoms with van der Waals surface area (Å²) in [5, 5.41) is 3.08. The number of nitrogens with zero attached hydrogens (tertiary/aromatic N) is 1. The van der Waals surface area contributed by atoms with Crippen molar-refractivity contribution in [2.45, 2.75) is 19.4 Å². The van der Waals surface area contributed by atoms with Gasteiger partial charge in [0.15, 0.2) is 0 Å². The van der Waals surface area contributed by atoms with E-state index in [4.69, 9.17) is 0 Å². The van der Waals surface area contributed by atoms with Gasteiger partial charge < -0.3 is 10.2 Å². The second-order valence-electron chi connectivity index (χ2n) is 5.61. The van der Waals surface area contributed by atoms with Crippen LogP contribution >= 0.6 is 15.9 Å². The van der Waals surface area contributed by atoms with E-state index in [1.54, 1.807) is 0 Å². The Morgan fingerprint density at radius 1 is 1.23 bits per heavy atom. The van der Waals surface area contributed by atoms with Crippen LogP contribution in [0.4, 0.5) is 5.69 Å². The topological polar surface area (TPSA) is 32.3 Å². The van der Waals surface area contributed by atoms with Gasteiger partial charge in [0, 0.05) is 16.7 Å². The molecule has 114 valence electrons. The number of halogens is 1. The number of carbonyl (C=O) groups excluding carboxylic acids is 1. The van der Waals surface area contributed by atoms with Gasteiger partial charge in [-0.3, -0.25) is 4.79 Å². The standard InChI is InChI=1S/C18H19BrN2O/c1-13(15-7-3-4-8-16(15)19)20-18(22)12-21-11-10-14-6-2-5-9-17(14)21/h2-9,13H,10-12H2,1H3,(H,20,22)/t13-/m1/s1. The van der Waals surface area contributed by atoms with E-state index in [2.05, 4.69) is 44.3 Å². The molecular weight excluding hydrogens is 340 g/mol. The highest BCUT2D eigenvalue weighted by Crippen LogP contribution is 2.27. The first kappa shape index (κ1) is 15.1. The smallest absolute Gasteiger partial charge is 0.239 e. The zero-order chi connectivity index (χ0) is 15.5. The maximum atomic E-state index is 12.3. The molecule has 22 heavy (non-hydrogen) atoms. The number of benzene rings is 2. The normalized spacial score (nSPS) is 14.5. The predicted molar refractivity (Wildman–Crippen MR) is 93.1 cm³/mol. The van der Waals surface area contributed by atoms with Gasteiger partial charge in [-0.05, 0) is 36.6 Å². The molecule has 1 N–H and O–H groups in total. The summed E-state index contributed by atoms with van der Waals surface area (Å²) < 4.78 is 1.02. The lowest BCUT2D eigenvalue weighted by Gasteiger charge is -2.21. The minimum atomic E-state index is -0.0130. The van der Waals surface area contributed by atoms with Crippen molar-refractivity contribution in [1.29, 1.82) is 0 Å². The quantitative estimate of drug-likeness (QED) is 0.903. The Labute approximate surface area is 139 Å². The Kier molecular flexibility index (Phi) is 4.48. The van der Waals surface area contributed by atoms with Crippen LogP contribution in [0, 0.1) is 0 Å². The Morgan fingerprint density at radius 2 is 1.95 bits per heavy atom. The summed E-state index contributed by atoms with van der Waals surface area (Å²) in [7, 11) is 0. The van der Waals surface area contributed by atoms with Crippen molar-refractivity contribution in [1.82, 2.24) is 5.32 Å². The third-order valence-corrected chi connectivity index (χ3v) is 4.79. The van der Waals surface area contributed by atoms with Crippen LogP contribution in [0.3, 0.4) is 0 Å². The van der Waals surface area contributed by atoms with Gasteiger partial charge in [0.25, 0.3) is 0 Å². The lowest BCUT2D eigenvalue weighted by Crippen LogP contribution is -2.37. The molecule has 1 heterocycles. The molecule has 0 saturated heterocycles. The fourth-order valence-corrected chi connectivity index (χ4v) is 3.56. The summed E-state index contributed by atoms with van der Waals surface area (Å²) in [5.41, 5.74) is 3.61. The summed E-state index contributed by atoms with van der Waals surface area (Å²) in [6, 6.07) is 16.3. The predicted octanol–water partition coefficient (Wildman–Crippen LogP) is 3.69. The average molecular weight is 359 g/mol. The number of anilines is 1. The molecule has 2 aromatic carbocycles. The molecule has 0 aromatic heterocycles. The van der Waals surface area contributed by atoms with E-state index in [0.717, 1.165) is 23.0 Å². The molecule has 0 bridgehead atoms. The van der Waals surface area contributed by atoms with Crippen LogP contribution in [0.15, 0.2) is 53.0 Å². The van der Waals surface area contributed by atoms with Gasteiger partial charge in [-0.2, -0.15) is 0 Å². The van der Waals surface area contributed by atoms with Gasteiger partial charge in [-0.25, -0.2) is 0 Å². The molecule has 0 spiro atoms. The molecule has 2 aromatic rings. The lowest BCUT2D eigenvalue weighted by atomic mass is 10.1. The molecule has 1 atom stereocenters. The van der Waals surface area contributed by atoms with E-state index in [1.807, 2.05) is 37.3 Å². The molecule has 0 unspecified atom stereocenters. The first-order valence-electron chi connectivity index (χ1n) is 7.52. The second-order valence-corrected chi connectivity index (χ2v) is 6.47. The molecule has 0 saturated carbocycles. The maximum Gasteiger partial charge on any atom is 0.239 e. The fourth-order valence-electron chi connectivity index (χ4n) is 2.94. The highest BCUT2D eigenvalue weighted by molar-refractivity contribution is 9.10. The third kappa shape index (κ3) is 3.17. The monoisotopic (exact) mass is 358 g/mol. The number of para-hydroxylation sites is 1. The van der Waals surface area contributed by atoms with Gasteiger partial charge in [-0.15, -0.1) is 0 Å². The Balaban J connectivity index is 1.63. The molecule has 1 amide bonds. The number of amides is 1. The van der Waals surface area contributed by atoms with E-state index in [9.17, 15) is 4.79 Å². The van der Waals surface area contributed by atoms with Crippen molar-refractivity contribution in [3.05, 3.63) is 64.1 Å². The molecule has 4 heteroatoms. The maximum absolute atomic E-state index is 12.3. The van der Waals surface area contributed by atoms with E-state index in [0.29, 0.717) is 6.54 Å². The van der Waals surface area contributed by atoms with Crippen LogP contribution in [0.2, 0.25) is 0 Å². The van der Waals surface area contributed by atoms with Crippen molar-refractivity contribution in [2.75, 3.05) is 18.0 Å². The molecule has 0 fully saturated rings. The summed E-state index contributed by atoms with van der Waals surface area (Å²) in [5.74, 6) is 0.0555. The number of hydrogen-bond donors (Lipinski definition) is 1. The number of nitrogens with one attached hydrogen (secondary N) is 1. The van der Waals surface area contributed by atoms with Gasteiger partial charge in [-0.1, -0.05) is 52.3 Å². The van der Waals surface area contributed by atoms with Crippen LogP contribution in [0.25, 0.3) is 0 Å². The van der Waals surface area contributed by atoms with Gasteiger partial charge in [0.05, 0.1) is 12.6 Å². The molecular formula is C18H19BrN2O. The van der Waals surface area contributed by atoms with E-state index < -0.39 is 0 Å². The van der Waals surface area contributed by atoms with Crippen LogP contribution in [0.1, 0.15) is 24.1 Å². The lowest BCUT2D eigenvalue weighted by molar-refractivity contribution is -0.120. The van der Waals surface area contributed by atoms with Crippen molar-refractivity contribution >= 4 is 27.5 Å². The SMILES string of the molecule is C[C@@H](NC(=O)CN1CCc2ccccc21)c1ccccc1Br. The van der Waals surface area contributed by atoms with Crippen molar-refractivity contribution in [3.8, 4) is 0 Å². The largest absolute Gasteiger partial charge is 0.362 e. The minimum absolute atomic E-state index is 0.0130. The summed E-state index contributed by atoms with van der Waals surface area (Å²) in [4.78, 5) is 14.5.